The van der Waals surface area contributed by atoms with E-state index in [0.717, 1.165) is 17.7 Å². The van der Waals surface area contributed by atoms with E-state index in [1.54, 1.807) is 30.3 Å². The molecular weight excluding hydrogens is 347 g/mol. The molecule has 0 aromatic heterocycles. The molecule has 0 spiro atoms. The molecule has 1 saturated heterocycles. The fourth-order valence-electron chi connectivity index (χ4n) is 2.94. The van der Waals surface area contributed by atoms with Gasteiger partial charge in [-0.2, -0.15) is 13.2 Å². The lowest BCUT2D eigenvalue weighted by Crippen LogP contribution is -2.48. The number of benzene rings is 2. The first-order valence-electron chi connectivity index (χ1n) is 7.87. The lowest BCUT2D eigenvalue weighted by Gasteiger charge is -2.27. The van der Waals surface area contributed by atoms with E-state index in [4.69, 9.17) is 0 Å². The van der Waals surface area contributed by atoms with Crippen LogP contribution in [0.2, 0.25) is 0 Å². The van der Waals surface area contributed by atoms with E-state index in [9.17, 15) is 27.6 Å². The molecule has 2 aromatic carbocycles. The van der Waals surface area contributed by atoms with Gasteiger partial charge in [-0.15, -0.1) is 0 Å². The van der Waals surface area contributed by atoms with Crippen LogP contribution < -0.4 is 5.32 Å². The number of ketones is 2. The molecule has 1 amide bonds. The van der Waals surface area contributed by atoms with Crippen LogP contribution in [0.5, 0.6) is 0 Å². The lowest BCUT2D eigenvalue weighted by molar-refractivity contribution is -0.138. The molecule has 4 nitrogen and oxygen atoms in total. The van der Waals surface area contributed by atoms with Crippen LogP contribution in [0.15, 0.2) is 54.6 Å². The molecule has 1 aliphatic rings. The normalized spacial score (nSPS) is 20.6. The van der Waals surface area contributed by atoms with Crippen molar-refractivity contribution in [2.24, 2.45) is 5.92 Å². The number of rotatable bonds is 3. The van der Waals surface area contributed by atoms with Gasteiger partial charge in [0.25, 0.3) is 0 Å². The summed E-state index contributed by atoms with van der Waals surface area (Å²) in [7, 11) is 0. The number of hydrogen-bond acceptors (Lipinski definition) is 3. The van der Waals surface area contributed by atoms with Crippen molar-refractivity contribution in [3.63, 3.8) is 0 Å². The number of hydrogen-bond donors (Lipinski definition) is 1. The minimum Gasteiger partial charge on any atom is -0.348 e. The quantitative estimate of drug-likeness (QED) is 0.674. The van der Waals surface area contributed by atoms with Gasteiger partial charge in [-0.3, -0.25) is 14.4 Å². The molecular formula is C19H14F3NO3. The van der Waals surface area contributed by atoms with Crippen LogP contribution in [-0.2, 0) is 15.8 Å². The average Bonchev–Trinajstić information content (AvgIpc) is 2.61. The fourth-order valence-corrected chi connectivity index (χ4v) is 2.94. The number of nitrogens with one attached hydrogen (secondary N) is 1. The van der Waals surface area contributed by atoms with Crippen molar-refractivity contribution in [2.45, 2.75) is 18.6 Å². The van der Waals surface area contributed by atoms with Crippen molar-refractivity contribution in [1.82, 2.24) is 5.32 Å². The number of amides is 1. The van der Waals surface area contributed by atoms with Crippen LogP contribution in [0, 0.1) is 5.92 Å². The third kappa shape index (κ3) is 3.51. The number of halogens is 3. The second-order valence-electron chi connectivity index (χ2n) is 6.02. The van der Waals surface area contributed by atoms with Crippen molar-refractivity contribution < 1.29 is 27.6 Å². The summed E-state index contributed by atoms with van der Waals surface area (Å²) in [6.45, 7) is 0. The van der Waals surface area contributed by atoms with Gasteiger partial charge in [0, 0.05) is 12.0 Å². The second-order valence-corrected chi connectivity index (χ2v) is 6.02. The average molecular weight is 361 g/mol. The Kier molecular flexibility index (Phi) is 4.63. The van der Waals surface area contributed by atoms with Crippen LogP contribution >= 0.6 is 0 Å². The number of alkyl halides is 3. The summed E-state index contributed by atoms with van der Waals surface area (Å²) in [4.78, 5) is 37.2. The third-order valence-corrected chi connectivity index (χ3v) is 4.24. The predicted molar refractivity (Wildman–Crippen MR) is 86.2 cm³/mol. The Morgan fingerprint density at radius 2 is 1.69 bits per heavy atom. The molecule has 1 heterocycles. The number of carbonyl (C=O) groups excluding carboxylic acids is 3. The van der Waals surface area contributed by atoms with Gasteiger partial charge < -0.3 is 5.32 Å². The SMILES string of the molecule is O=C1CC(c2ccccc2)NC(=O)C1C(=O)c1cccc(C(F)(F)F)c1. The minimum atomic E-state index is -4.62. The summed E-state index contributed by atoms with van der Waals surface area (Å²) in [5, 5.41) is 2.61. The van der Waals surface area contributed by atoms with Gasteiger partial charge in [0.1, 0.15) is 0 Å². The monoisotopic (exact) mass is 361 g/mol. The fraction of sp³-hybridized carbons (Fsp3) is 0.211. The lowest BCUT2D eigenvalue weighted by atomic mass is 9.84. The van der Waals surface area contributed by atoms with E-state index < -0.39 is 41.2 Å². The molecule has 1 fully saturated rings. The first-order chi connectivity index (χ1) is 12.3. The molecule has 3 rings (SSSR count). The molecule has 2 aromatic rings. The van der Waals surface area contributed by atoms with Crippen molar-refractivity contribution >= 4 is 17.5 Å². The first-order valence-corrected chi connectivity index (χ1v) is 7.87. The van der Waals surface area contributed by atoms with Gasteiger partial charge in [-0.05, 0) is 17.7 Å². The summed E-state index contributed by atoms with van der Waals surface area (Å²) in [6, 6.07) is 12.0. The Morgan fingerprint density at radius 1 is 1.00 bits per heavy atom. The molecule has 26 heavy (non-hydrogen) atoms. The summed E-state index contributed by atoms with van der Waals surface area (Å²) in [6.07, 6.45) is -4.71. The molecule has 134 valence electrons. The molecule has 1 aliphatic heterocycles. The zero-order valence-electron chi connectivity index (χ0n) is 13.4. The van der Waals surface area contributed by atoms with E-state index >= 15 is 0 Å². The number of carbonyl (C=O) groups is 3. The van der Waals surface area contributed by atoms with Gasteiger partial charge in [-0.1, -0.05) is 42.5 Å². The van der Waals surface area contributed by atoms with Crippen molar-refractivity contribution in [1.29, 1.82) is 0 Å². The molecule has 7 heteroatoms. The van der Waals surface area contributed by atoms with Gasteiger partial charge in [-0.25, -0.2) is 0 Å². The van der Waals surface area contributed by atoms with Crippen molar-refractivity contribution in [2.75, 3.05) is 0 Å². The zero-order valence-corrected chi connectivity index (χ0v) is 13.4. The summed E-state index contributed by atoms with van der Waals surface area (Å²) in [5.74, 6) is -3.95. The number of Topliss-reactive ketones (excluding diaryl/α,β-unsaturated/α-hetero) is 2. The maximum absolute atomic E-state index is 12.8. The maximum Gasteiger partial charge on any atom is 0.416 e. The largest absolute Gasteiger partial charge is 0.416 e. The van der Waals surface area contributed by atoms with Crippen molar-refractivity contribution in [3.8, 4) is 0 Å². The van der Waals surface area contributed by atoms with Crippen LogP contribution in [0.1, 0.15) is 33.9 Å². The maximum atomic E-state index is 12.8. The van der Waals surface area contributed by atoms with Crippen LogP contribution in [-0.4, -0.2) is 17.5 Å². The molecule has 0 aliphatic carbocycles. The third-order valence-electron chi connectivity index (χ3n) is 4.24. The number of piperidine rings is 1. The molecule has 2 unspecified atom stereocenters. The first kappa shape index (κ1) is 17.8. The van der Waals surface area contributed by atoms with E-state index in [1.165, 1.54) is 6.07 Å². The highest BCUT2D eigenvalue weighted by atomic mass is 19.4. The summed E-state index contributed by atoms with van der Waals surface area (Å²) >= 11 is 0. The predicted octanol–water partition coefficient (Wildman–Crippen LogP) is 3.33. The molecule has 0 radical (unpaired) electrons. The van der Waals surface area contributed by atoms with Gasteiger partial charge in [0.05, 0.1) is 11.6 Å². The van der Waals surface area contributed by atoms with Crippen molar-refractivity contribution in [3.05, 3.63) is 71.3 Å². The smallest absolute Gasteiger partial charge is 0.348 e. The van der Waals surface area contributed by atoms with Gasteiger partial charge in [0.2, 0.25) is 5.91 Å². The molecule has 1 N–H and O–H groups in total. The van der Waals surface area contributed by atoms with E-state index in [2.05, 4.69) is 5.32 Å². The van der Waals surface area contributed by atoms with Gasteiger partial charge in [0.15, 0.2) is 17.5 Å². The zero-order chi connectivity index (χ0) is 18.9. The van der Waals surface area contributed by atoms with Crippen LogP contribution in [0.25, 0.3) is 0 Å². The minimum absolute atomic E-state index is 0.0921. The standard InChI is InChI=1S/C19H14F3NO3/c20-19(21,22)13-8-4-7-12(9-13)17(25)16-15(24)10-14(23-18(16)26)11-5-2-1-3-6-11/h1-9,14,16H,10H2,(H,23,26). The van der Waals surface area contributed by atoms with Crippen LogP contribution in [0.4, 0.5) is 13.2 Å². The highest BCUT2D eigenvalue weighted by Crippen LogP contribution is 2.31. The van der Waals surface area contributed by atoms with Gasteiger partial charge >= 0.3 is 6.18 Å². The topological polar surface area (TPSA) is 63.2 Å². The second kappa shape index (κ2) is 6.74. The highest BCUT2D eigenvalue weighted by molar-refractivity contribution is 6.24. The Balaban J connectivity index is 1.83. The van der Waals surface area contributed by atoms with E-state index in [-0.39, 0.29) is 12.0 Å². The Bertz CT molecular complexity index is 844. The Hall–Kier alpha value is -2.96. The van der Waals surface area contributed by atoms with E-state index in [0.29, 0.717) is 6.07 Å². The molecule has 2 atom stereocenters. The molecule has 0 bridgehead atoms. The highest BCUT2D eigenvalue weighted by Gasteiger charge is 2.41. The summed E-state index contributed by atoms with van der Waals surface area (Å²) in [5.41, 5.74) is -0.597. The summed E-state index contributed by atoms with van der Waals surface area (Å²) < 4.78 is 38.4. The Labute approximate surface area is 147 Å². The Morgan fingerprint density at radius 3 is 2.31 bits per heavy atom. The molecule has 0 saturated carbocycles. The van der Waals surface area contributed by atoms with E-state index in [1.807, 2.05) is 0 Å². The van der Waals surface area contributed by atoms with Crippen LogP contribution in [0.3, 0.4) is 0 Å².